The molecule has 0 heterocycles. The molecule has 0 amide bonds. The van der Waals surface area contributed by atoms with Crippen LogP contribution >= 0.6 is 0 Å². The Kier molecular flexibility index (Phi) is 6.44. The first-order chi connectivity index (χ1) is 11.7. The van der Waals surface area contributed by atoms with E-state index in [0.29, 0.717) is 23.9 Å². The van der Waals surface area contributed by atoms with E-state index in [-0.39, 0.29) is 17.3 Å². The van der Waals surface area contributed by atoms with E-state index in [0.717, 1.165) is 25.2 Å². The molecule has 0 bridgehead atoms. The molecule has 144 valence electrons. The van der Waals surface area contributed by atoms with E-state index < -0.39 is 0 Å². The van der Waals surface area contributed by atoms with Crippen molar-refractivity contribution in [3.05, 3.63) is 11.6 Å². The largest absolute Gasteiger partial charge is 0.466 e. The fraction of sp³-hybridized carbons (Fsp3) is 0.870. The molecule has 0 saturated heterocycles. The van der Waals surface area contributed by atoms with Gasteiger partial charge in [0.15, 0.2) is 0 Å². The molecular weight excluding hydrogens is 308 g/mol. The monoisotopic (exact) mass is 348 g/mol. The van der Waals surface area contributed by atoms with E-state index in [1.54, 1.807) is 0 Å². The SMILES string of the molecule is CCOC(=O)C1CCC(C)(C)[C@@H]2CC=C(C)[C@H](CC[C@H](C)CC)[C@@]12C. The summed E-state index contributed by atoms with van der Waals surface area (Å²) in [6.45, 7) is 16.6. The van der Waals surface area contributed by atoms with Gasteiger partial charge in [-0.15, -0.1) is 0 Å². The van der Waals surface area contributed by atoms with Crippen LogP contribution in [-0.4, -0.2) is 12.6 Å². The number of carbonyl (C=O) groups excluding carboxylic acids is 1. The smallest absolute Gasteiger partial charge is 0.309 e. The molecule has 2 heteroatoms. The van der Waals surface area contributed by atoms with Crippen molar-refractivity contribution >= 4 is 5.97 Å². The summed E-state index contributed by atoms with van der Waals surface area (Å²) in [5, 5.41) is 0. The molecule has 2 aliphatic rings. The van der Waals surface area contributed by atoms with Gasteiger partial charge in [0, 0.05) is 0 Å². The van der Waals surface area contributed by atoms with Gasteiger partial charge >= 0.3 is 5.97 Å². The first kappa shape index (κ1) is 20.5. The Morgan fingerprint density at radius 3 is 2.60 bits per heavy atom. The fourth-order valence-electron chi connectivity index (χ4n) is 5.89. The highest BCUT2D eigenvalue weighted by Crippen LogP contribution is 2.63. The number of hydrogen-bond acceptors (Lipinski definition) is 2. The maximum atomic E-state index is 12.9. The number of rotatable bonds is 6. The van der Waals surface area contributed by atoms with Gasteiger partial charge in [0.05, 0.1) is 12.5 Å². The van der Waals surface area contributed by atoms with Crippen molar-refractivity contribution < 1.29 is 9.53 Å². The zero-order valence-electron chi connectivity index (χ0n) is 17.7. The first-order valence-corrected chi connectivity index (χ1v) is 10.5. The van der Waals surface area contributed by atoms with Crippen molar-refractivity contribution in [2.75, 3.05) is 6.61 Å². The van der Waals surface area contributed by atoms with Crippen molar-refractivity contribution in [1.29, 1.82) is 0 Å². The molecule has 1 unspecified atom stereocenters. The minimum absolute atomic E-state index is 0.0281. The van der Waals surface area contributed by atoms with E-state index in [2.05, 4.69) is 47.6 Å². The molecule has 1 saturated carbocycles. The Morgan fingerprint density at radius 2 is 2.00 bits per heavy atom. The van der Waals surface area contributed by atoms with E-state index in [4.69, 9.17) is 4.74 Å². The lowest BCUT2D eigenvalue weighted by Gasteiger charge is -2.59. The quantitative estimate of drug-likeness (QED) is 0.410. The lowest BCUT2D eigenvalue weighted by atomic mass is 9.44. The van der Waals surface area contributed by atoms with Crippen molar-refractivity contribution in [3.8, 4) is 0 Å². The summed E-state index contributed by atoms with van der Waals surface area (Å²) in [6, 6.07) is 0. The molecule has 2 nitrogen and oxygen atoms in total. The number of fused-ring (bicyclic) bond motifs is 1. The lowest BCUT2D eigenvalue weighted by molar-refractivity contribution is -0.167. The van der Waals surface area contributed by atoms with Gasteiger partial charge in [0.1, 0.15) is 0 Å². The number of ether oxygens (including phenoxy) is 1. The van der Waals surface area contributed by atoms with Crippen LogP contribution in [0.1, 0.15) is 87.0 Å². The van der Waals surface area contributed by atoms with Crippen LogP contribution in [0.25, 0.3) is 0 Å². The zero-order valence-corrected chi connectivity index (χ0v) is 17.7. The first-order valence-electron chi connectivity index (χ1n) is 10.5. The Hall–Kier alpha value is -0.790. The molecule has 5 atom stereocenters. The Morgan fingerprint density at radius 1 is 1.32 bits per heavy atom. The summed E-state index contributed by atoms with van der Waals surface area (Å²) < 4.78 is 5.54. The summed E-state index contributed by atoms with van der Waals surface area (Å²) >= 11 is 0. The summed E-state index contributed by atoms with van der Waals surface area (Å²) in [4.78, 5) is 12.9. The average molecular weight is 349 g/mol. The second-order valence-electron chi connectivity index (χ2n) is 9.58. The molecule has 0 aromatic rings. The third kappa shape index (κ3) is 3.83. The van der Waals surface area contributed by atoms with Crippen molar-refractivity contribution in [1.82, 2.24) is 0 Å². The Labute approximate surface area is 155 Å². The highest BCUT2D eigenvalue weighted by molar-refractivity contribution is 5.74. The molecule has 2 rings (SSSR count). The molecule has 0 aliphatic heterocycles. The summed E-state index contributed by atoms with van der Waals surface area (Å²) in [5.41, 5.74) is 1.83. The fourth-order valence-corrected chi connectivity index (χ4v) is 5.89. The topological polar surface area (TPSA) is 26.3 Å². The lowest BCUT2D eigenvalue weighted by Crippen LogP contribution is -2.55. The standard InChI is InChI=1S/C23H40O2/c1-8-16(3)10-12-18-17(4)11-13-20-22(5,6)15-14-19(23(18,20)7)21(24)25-9-2/h11,16,18-20H,8-10,12-15H2,1-7H3/t16-,18+,19?,20+,23+/m1/s1. The maximum Gasteiger partial charge on any atom is 0.309 e. The molecule has 0 aromatic carbocycles. The average Bonchev–Trinajstić information content (AvgIpc) is 2.53. The zero-order chi connectivity index (χ0) is 18.8. The van der Waals surface area contributed by atoms with Gasteiger partial charge < -0.3 is 4.74 Å². The second-order valence-corrected chi connectivity index (χ2v) is 9.58. The van der Waals surface area contributed by atoms with Crippen molar-refractivity contribution in [2.45, 2.75) is 87.0 Å². The Balaban J connectivity index is 2.40. The van der Waals surface area contributed by atoms with Gasteiger partial charge in [-0.1, -0.05) is 59.1 Å². The Bertz CT molecular complexity index is 504. The van der Waals surface area contributed by atoms with Crippen LogP contribution in [0.2, 0.25) is 0 Å². The van der Waals surface area contributed by atoms with Crippen molar-refractivity contribution in [3.63, 3.8) is 0 Å². The van der Waals surface area contributed by atoms with Crippen LogP contribution < -0.4 is 0 Å². The van der Waals surface area contributed by atoms with Crippen LogP contribution in [0.4, 0.5) is 0 Å². The van der Waals surface area contributed by atoms with E-state index in [1.807, 2.05) is 6.92 Å². The van der Waals surface area contributed by atoms with Crippen LogP contribution in [-0.2, 0) is 9.53 Å². The van der Waals surface area contributed by atoms with Gasteiger partial charge in [-0.3, -0.25) is 4.79 Å². The normalized spacial score (nSPS) is 35.5. The third-order valence-corrected chi connectivity index (χ3v) is 7.71. The van der Waals surface area contributed by atoms with Gasteiger partial charge in [-0.25, -0.2) is 0 Å². The summed E-state index contributed by atoms with van der Waals surface area (Å²) in [6.07, 6.45) is 9.39. The summed E-state index contributed by atoms with van der Waals surface area (Å²) in [5.74, 6) is 1.93. The van der Waals surface area contributed by atoms with Gasteiger partial charge in [0.25, 0.3) is 0 Å². The predicted molar refractivity (Wildman–Crippen MR) is 105 cm³/mol. The van der Waals surface area contributed by atoms with Crippen LogP contribution in [0.15, 0.2) is 11.6 Å². The van der Waals surface area contributed by atoms with Gasteiger partial charge in [-0.05, 0) is 68.1 Å². The summed E-state index contributed by atoms with van der Waals surface area (Å²) in [7, 11) is 0. The minimum atomic E-state index is 0.0281. The van der Waals surface area contributed by atoms with Crippen LogP contribution in [0.3, 0.4) is 0 Å². The number of hydrogen-bond donors (Lipinski definition) is 0. The van der Waals surface area contributed by atoms with E-state index in [9.17, 15) is 4.79 Å². The van der Waals surface area contributed by atoms with Gasteiger partial charge in [-0.2, -0.15) is 0 Å². The number of carbonyl (C=O) groups is 1. The van der Waals surface area contributed by atoms with Crippen molar-refractivity contribution in [2.24, 2.45) is 34.5 Å². The molecule has 2 aliphatic carbocycles. The van der Waals surface area contributed by atoms with Crippen LogP contribution in [0, 0.1) is 34.5 Å². The molecule has 1 fully saturated rings. The molecule has 0 spiro atoms. The van der Waals surface area contributed by atoms with E-state index in [1.165, 1.54) is 24.8 Å². The predicted octanol–water partition coefficient (Wildman–Crippen LogP) is 6.40. The maximum absolute atomic E-state index is 12.9. The molecule has 0 radical (unpaired) electrons. The third-order valence-electron chi connectivity index (χ3n) is 7.71. The van der Waals surface area contributed by atoms with Gasteiger partial charge in [0.2, 0.25) is 0 Å². The number of esters is 1. The molecule has 0 N–H and O–H groups in total. The second kappa shape index (κ2) is 7.84. The number of allylic oxidation sites excluding steroid dienone is 2. The highest BCUT2D eigenvalue weighted by atomic mass is 16.5. The van der Waals surface area contributed by atoms with E-state index >= 15 is 0 Å². The van der Waals surface area contributed by atoms with Crippen LogP contribution in [0.5, 0.6) is 0 Å². The highest BCUT2D eigenvalue weighted by Gasteiger charge is 2.58. The minimum Gasteiger partial charge on any atom is -0.466 e. The molecule has 0 aromatic heterocycles. The molecular formula is C23H40O2. The molecule has 25 heavy (non-hydrogen) atoms.